The Morgan fingerprint density at radius 3 is 2.43 bits per heavy atom. The van der Waals surface area contributed by atoms with Crippen molar-refractivity contribution in [3.8, 4) is 0 Å². The summed E-state index contributed by atoms with van der Waals surface area (Å²) in [5.41, 5.74) is 4.53. The van der Waals surface area contributed by atoms with Gasteiger partial charge in [0.1, 0.15) is 6.61 Å². The molecule has 84 valence electrons. The first kappa shape index (κ1) is 13.2. The molecule has 0 rings (SSSR count). The molecule has 3 N–H and O–H groups in total. The van der Waals surface area contributed by atoms with Gasteiger partial charge in [-0.1, -0.05) is 20.8 Å². The van der Waals surface area contributed by atoms with Crippen LogP contribution in [0, 0.1) is 5.41 Å². The molecule has 0 fully saturated rings. The molecule has 5 heteroatoms. The molecular weight excluding hydrogens is 186 g/mol. The highest BCUT2D eigenvalue weighted by Gasteiger charge is 2.21. The molecular formula is C9H19NO4. The molecule has 14 heavy (non-hydrogen) atoms. The lowest BCUT2D eigenvalue weighted by Crippen LogP contribution is -2.31. The lowest BCUT2D eigenvalue weighted by molar-refractivity contribution is -0.0288. The molecule has 0 spiro atoms. The van der Waals surface area contributed by atoms with E-state index in [0.717, 1.165) is 0 Å². The molecule has 1 unspecified atom stereocenters. The van der Waals surface area contributed by atoms with E-state index in [4.69, 9.17) is 10.5 Å². The third-order valence-electron chi connectivity index (χ3n) is 1.75. The van der Waals surface area contributed by atoms with E-state index in [-0.39, 0.29) is 25.2 Å². The van der Waals surface area contributed by atoms with Gasteiger partial charge in [0.2, 0.25) is 0 Å². The van der Waals surface area contributed by atoms with Crippen molar-refractivity contribution < 1.29 is 19.4 Å². The van der Waals surface area contributed by atoms with Gasteiger partial charge >= 0.3 is 6.09 Å². The lowest BCUT2D eigenvalue weighted by Gasteiger charge is -2.25. The normalized spacial score (nSPS) is 13.7. The average Bonchev–Trinajstić information content (AvgIpc) is 2.01. The molecule has 0 radical (unpaired) electrons. The summed E-state index contributed by atoms with van der Waals surface area (Å²) in [5, 5.41) is 9.54. The highest BCUT2D eigenvalue weighted by molar-refractivity contribution is 5.64. The fourth-order valence-corrected chi connectivity index (χ4v) is 0.646. The molecule has 0 aliphatic rings. The van der Waals surface area contributed by atoms with E-state index >= 15 is 0 Å². The van der Waals surface area contributed by atoms with Crippen LogP contribution in [0.5, 0.6) is 0 Å². The van der Waals surface area contributed by atoms with Crippen LogP contribution in [0.2, 0.25) is 0 Å². The summed E-state index contributed by atoms with van der Waals surface area (Å²) in [7, 11) is 0. The molecule has 0 bridgehead atoms. The topological polar surface area (TPSA) is 81.8 Å². The molecule has 0 saturated heterocycles. The highest BCUT2D eigenvalue weighted by atomic mass is 16.6. The molecule has 0 saturated carbocycles. The molecule has 0 heterocycles. The van der Waals surface area contributed by atoms with Crippen molar-refractivity contribution in [1.29, 1.82) is 0 Å². The summed E-state index contributed by atoms with van der Waals surface area (Å²) in [5.74, 6) is 0. The summed E-state index contributed by atoms with van der Waals surface area (Å²) in [4.78, 5) is 10.2. The van der Waals surface area contributed by atoms with Crippen LogP contribution in [0.3, 0.4) is 0 Å². The number of rotatable bonds is 5. The van der Waals surface area contributed by atoms with E-state index in [1.807, 2.05) is 20.8 Å². The van der Waals surface area contributed by atoms with Crippen molar-refractivity contribution in [3.63, 3.8) is 0 Å². The van der Waals surface area contributed by atoms with Gasteiger partial charge in [0, 0.05) is 0 Å². The monoisotopic (exact) mass is 205 g/mol. The first-order valence-electron chi connectivity index (χ1n) is 4.52. The number of aliphatic hydroxyl groups excluding tert-OH is 1. The second-order valence-electron chi connectivity index (χ2n) is 4.12. The van der Waals surface area contributed by atoms with Crippen molar-refractivity contribution in [3.05, 3.63) is 0 Å². The molecule has 0 aromatic rings. The summed E-state index contributed by atoms with van der Waals surface area (Å²) in [6.07, 6.45) is -1.35. The van der Waals surface area contributed by atoms with Crippen LogP contribution in [0.1, 0.15) is 20.8 Å². The summed E-state index contributed by atoms with van der Waals surface area (Å²) < 4.78 is 9.53. The molecule has 5 nitrogen and oxygen atoms in total. The number of amides is 1. The number of hydrogen-bond donors (Lipinski definition) is 2. The van der Waals surface area contributed by atoms with Crippen molar-refractivity contribution in [2.75, 3.05) is 19.8 Å². The van der Waals surface area contributed by atoms with Crippen molar-refractivity contribution in [2.24, 2.45) is 11.1 Å². The first-order valence-corrected chi connectivity index (χ1v) is 4.52. The van der Waals surface area contributed by atoms with Crippen molar-refractivity contribution in [1.82, 2.24) is 0 Å². The minimum absolute atomic E-state index is 0.117. The zero-order chi connectivity index (χ0) is 11.2. The average molecular weight is 205 g/mol. The fraction of sp³-hybridized carbons (Fsp3) is 0.889. The zero-order valence-electron chi connectivity index (χ0n) is 8.95. The minimum Gasteiger partial charge on any atom is -0.447 e. The predicted octanol–water partition coefficient (Wildman–Crippen LogP) is 0.505. The van der Waals surface area contributed by atoms with Gasteiger partial charge in [-0.2, -0.15) is 0 Å². The van der Waals surface area contributed by atoms with Crippen LogP contribution in [0.25, 0.3) is 0 Å². The fourth-order valence-electron chi connectivity index (χ4n) is 0.646. The van der Waals surface area contributed by atoms with E-state index in [0.29, 0.717) is 0 Å². The van der Waals surface area contributed by atoms with Crippen LogP contribution in [0.4, 0.5) is 4.79 Å². The van der Waals surface area contributed by atoms with E-state index in [2.05, 4.69) is 4.74 Å². The molecule has 0 aliphatic carbocycles. The third kappa shape index (κ3) is 6.68. The van der Waals surface area contributed by atoms with Crippen LogP contribution >= 0.6 is 0 Å². The van der Waals surface area contributed by atoms with E-state index < -0.39 is 12.2 Å². The van der Waals surface area contributed by atoms with Gasteiger partial charge in [-0.15, -0.1) is 0 Å². The SMILES string of the molecule is CC(C)(C)C(O)COCCOC(N)=O. The number of nitrogens with two attached hydrogens (primary N) is 1. The smallest absolute Gasteiger partial charge is 0.404 e. The van der Waals surface area contributed by atoms with E-state index in [1.165, 1.54) is 0 Å². The molecule has 0 aromatic heterocycles. The molecule has 0 aromatic carbocycles. The van der Waals surface area contributed by atoms with Gasteiger partial charge in [0.05, 0.1) is 19.3 Å². The van der Waals surface area contributed by atoms with Crippen LogP contribution in [-0.2, 0) is 9.47 Å². The standard InChI is InChI=1S/C9H19NO4/c1-9(2,3)7(11)6-13-4-5-14-8(10)12/h7,11H,4-6H2,1-3H3,(H2,10,12). The number of primary amides is 1. The van der Waals surface area contributed by atoms with Crippen molar-refractivity contribution in [2.45, 2.75) is 26.9 Å². The maximum absolute atomic E-state index is 10.2. The predicted molar refractivity (Wildman–Crippen MR) is 51.8 cm³/mol. The Bertz CT molecular complexity index is 176. The Hall–Kier alpha value is -0.810. The number of aliphatic hydroxyl groups is 1. The number of hydrogen-bond acceptors (Lipinski definition) is 4. The largest absolute Gasteiger partial charge is 0.447 e. The van der Waals surface area contributed by atoms with Crippen LogP contribution < -0.4 is 5.73 Å². The zero-order valence-corrected chi connectivity index (χ0v) is 8.95. The number of carbonyl (C=O) groups is 1. The highest BCUT2D eigenvalue weighted by Crippen LogP contribution is 2.18. The Morgan fingerprint density at radius 1 is 1.43 bits per heavy atom. The summed E-state index contributed by atoms with van der Waals surface area (Å²) in [6.45, 7) is 6.34. The quantitative estimate of drug-likeness (QED) is 0.640. The first-order chi connectivity index (χ1) is 6.34. The maximum Gasteiger partial charge on any atom is 0.404 e. The second kappa shape index (κ2) is 5.82. The minimum atomic E-state index is -0.815. The lowest BCUT2D eigenvalue weighted by atomic mass is 9.90. The number of ether oxygens (including phenoxy) is 2. The Kier molecular flexibility index (Phi) is 5.49. The van der Waals surface area contributed by atoms with Gasteiger partial charge in [0.25, 0.3) is 0 Å². The van der Waals surface area contributed by atoms with Crippen molar-refractivity contribution >= 4 is 6.09 Å². The van der Waals surface area contributed by atoms with Crippen LogP contribution in [-0.4, -0.2) is 37.1 Å². The van der Waals surface area contributed by atoms with E-state index in [1.54, 1.807) is 0 Å². The summed E-state index contributed by atoms with van der Waals surface area (Å²) in [6, 6.07) is 0. The third-order valence-corrected chi connectivity index (χ3v) is 1.75. The Balaban J connectivity index is 3.41. The number of carbonyl (C=O) groups excluding carboxylic acids is 1. The Labute approximate surface area is 84.2 Å². The van der Waals surface area contributed by atoms with Gasteiger partial charge in [-0.05, 0) is 5.41 Å². The Morgan fingerprint density at radius 2 is 2.00 bits per heavy atom. The van der Waals surface area contributed by atoms with Gasteiger partial charge in [0.15, 0.2) is 0 Å². The van der Waals surface area contributed by atoms with Gasteiger partial charge in [-0.25, -0.2) is 4.79 Å². The molecule has 0 aliphatic heterocycles. The maximum atomic E-state index is 10.2. The molecule has 1 atom stereocenters. The van der Waals surface area contributed by atoms with E-state index in [9.17, 15) is 9.90 Å². The van der Waals surface area contributed by atoms with Gasteiger partial charge in [-0.3, -0.25) is 0 Å². The summed E-state index contributed by atoms with van der Waals surface area (Å²) >= 11 is 0. The second-order valence-corrected chi connectivity index (χ2v) is 4.12. The molecule has 1 amide bonds. The van der Waals surface area contributed by atoms with Crippen LogP contribution in [0.15, 0.2) is 0 Å². The van der Waals surface area contributed by atoms with Gasteiger partial charge < -0.3 is 20.3 Å².